The van der Waals surface area contributed by atoms with E-state index >= 15 is 0 Å². The van der Waals surface area contributed by atoms with Crippen LogP contribution >= 0.6 is 0 Å². The molecule has 0 unspecified atom stereocenters. The largest absolute Gasteiger partial charge is 0.367 e. The Morgan fingerprint density at radius 2 is 2.00 bits per heavy atom. The van der Waals surface area contributed by atoms with E-state index in [2.05, 4.69) is 10.1 Å². The smallest absolute Gasteiger partial charge is 0.244 e. The standard InChI is InChI=1S/C10H13N7O/c11-3-1-5-16(6-2-4-12)9(18)7-17-8-14-10(13)15-17/h8H,1-2,5-7H2,(H2,13,15). The highest BCUT2D eigenvalue weighted by atomic mass is 16.2. The van der Waals surface area contributed by atoms with Crippen molar-refractivity contribution in [1.82, 2.24) is 19.7 Å². The van der Waals surface area contributed by atoms with Crippen LogP contribution < -0.4 is 5.73 Å². The number of anilines is 1. The highest BCUT2D eigenvalue weighted by Crippen LogP contribution is 1.98. The maximum Gasteiger partial charge on any atom is 0.244 e. The van der Waals surface area contributed by atoms with Gasteiger partial charge in [-0.2, -0.15) is 10.5 Å². The number of carbonyl (C=O) groups is 1. The predicted octanol–water partition coefficient (Wildman–Crippen LogP) is -0.484. The molecule has 0 radical (unpaired) electrons. The summed E-state index contributed by atoms with van der Waals surface area (Å²) in [6.07, 6.45) is 1.83. The predicted molar refractivity (Wildman–Crippen MR) is 61.5 cm³/mol. The number of hydrogen-bond acceptors (Lipinski definition) is 6. The summed E-state index contributed by atoms with van der Waals surface area (Å²) in [7, 11) is 0. The molecule has 0 bridgehead atoms. The van der Waals surface area contributed by atoms with Crippen LogP contribution in [-0.4, -0.2) is 38.7 Å². The van der Waals surface area contributed by atoms with Crippen molar-refractivity contribution in [2.75, 3.05) is 18.8 Å². The number of amides is 1. The normalized spacial score (nSPS) is 9.44. The summed E-state index contributed by atoms with van der Waals surface area (Å²) in [6, 6.07) is 3.93. The van der Waals surface area contributed by atoms with Crippen LogP contribution in [0.5, 0.6) is 0 Å². The van der Waals surface area contributed by atoms with E-state index in [1.807, 2.05) is 12.1 Å². The molecule has 1 aromatic rings. The van der Waals surface area contributed by atoms with Crippen molar-refractivity contribution in [3.8, 4) is 12.1 Å². The monoisotopic (exact) mass is 247 g/mol. The van der Waals surface area contributed by atoms with Gasteiger partial charge in [0.1, 0.15) is 12.9 Å². The van der Waals surface area contributed by atoms with Gasteiger partial charge in [-0.3, -0.25) is 4.79 Å². The van der Waals surface area contributed by atoms with Gasteiger partial charge >= 0.3 is 0 Å². The maximum atomic E-state index is 11.9. The molecule has 0 saturated heterocycles. The van der Waals surface area contributed by atoms with Gasteiger partial charge in [-0.25, -0.2) is 9.67 Å². The van der Waals surface area contributed by atoms with Crippen molar-refractivity contribution in [1.29, 1.82) is 10.5 Å². The molecule has 0 atom stereocenters. The van der Waals surface area contributed by atoms with Gasteiger partial charge in [-0.05, 0) is 0 Å². The minimum absolute atomic E-state index is 0.00105. The molecular formula is C10H13N7O. The molecule has 1 rings (SSSR count). The van der Waals surface area contributed by atoms with E-state index in [-0.39, 0.29) is 31.2 Å². The number of aromatic nitrogens is 3. The molecule has 0 aromatic carbocycles. The number of nitrogens with zero attached hydrogens (tertiary/aromatic N) is 6. The van der Waals surface area contributed by atoms with Gasteiger partial charge in [0.25, 0.3) is 0 Å². The first kappa shape index (κ1) is 13.5. The zero-order chi connectivity index (χ0) is 13.4. The van der Waals surface area contributed by atoms with Crippen molar-refractivity contribution in [3.05, 3.63) is 6.33 Å². The summed E-state index contributed by atoms with van der Waals surface area (Å²) in [6.45, 7) is 0.615. The van der Waals surface area contributed by atoms with Gasteiger partial charge in [0.15, 0.2) is 0 Å². The topological polar surface area (TPSA) is 125 Å². The van der Waals surface area contributed by atoms with Gasteiger partial charge in [-0.1, -0.05) is 0 Å². The van der Waals surface area contributed by atoms with Crippen LogP contribution in [0.4, 0.5) is 5.95 Å². The average molecular weight is 247 g/mol. The van der Waals surface area contributed by atoms with Crippen LogP contribution in [-0.2, 0) is 11.3 Å². The summed E-state index contributed by atoms with van der Waals surface area (Å²) in [5.41, 5.74) is 5.34. The second-order valence-electron chi connectivity index (χ2n) is 3.50. The van der Waals surface area contributed by atoms with E-state index in [1.54, 1.807) is 0 Å². The van der Waals surface area contributed by atoms with Crippen LogP contribution in [0.3, 0.4) is 0 Å². The molecular weight excluding hydrogens is 234 g/mol. The van der Waals surface area contributed by atoms with Gasteiger partial charge in [0, 0.05) is 13.1 Å². The van der Waals surface area contributed by atoms with Crippen molar-refractivity contribution in [2.24, 2.45) is 0 Å². The Hall–Kier alpha value is -2.61. The Morgan fingerprint density at radius 3 is 2.44 bits per heavy atom. The Bertz CT molecular complexity index is 463. The molecule has 1 heterocycles. The fourth-order valence-electron chi connectivity index (χ4n) is 1.35. The quantitative estimate of drug-likeness (QED) is 0.723. The molecule has 8 nitrogen and oxygen atoms in total. The first-order valence-electron chi connectivity index (χ1n) is 5.34. The van der Waals surface area contributed by atoms with Crippen molar-refractivity contribution >= 4 is 11.9 Å². The van der Waals surface area contributed by atoms with Gasteiger partial charge in [0.2, 0.25) is 11.9 Å². The zero-order valence-corrected chi connectivity index (χ0v) is 9.78. The molecule has 0 saturated carbocycles. The first-order chi connectivity index (χ1) is 8.67. The third kappa shape index (κ3) is 4.10. The molecule has 2 N–H and O–H groups in total. The van der Waals surface area contributed by atoms with Gasteiger partial charge in [-0.15, -0.1) is 5.10 Å². The van der Waals surface area contributed by atoms with Crippen LogP contribution in [0.2, 0.25) is 0 Å². The Morgan fingerprint density at radius 1 is 1.39 bits per heavy atom. The van der Waals surface area contributed by atoms with Crippen LogP contribution in [0.15, 0.2) is 6.33 Å². The highest BCUT2D eigenvalue weighted by molar-refractivity contribution is 5.75. The van der Waals surface area contributed by atoms with Crippen molar-refractivity contribution in [2.45, 2.75) is 19.4 Å². The van der Waals surface area contributed by atoms with Crippen LogP contribution in [0.1, 0.15) is 12.8 Å². The van der Waals surface area contributed by atoms with E-state index in [9.17, 15) is 4.79 Å². The van der Waals surface area contributed by atoms with Crippen molar-refractivity contribution in [3.63, 3.8) is 0 Å². The SMILES string of the molecule is N#CCCN(CCC#N)C(=O)Cn1cnc(N)n1. The Kier molecular flexibility index (Phi) is 5.13. The molecule has 0 aliphatic rings. The molecule has 0 aliphatic heterocycles. The number of nitrogens with two attached hydrogens (primary N) is 1. The average Bonchev–Trinajstić information content (AvgIpc) is 2.75. The van der Waals surface area contributed by atoms with Crippen LogP contribution in [0, 0.1) is 22.7 Å². The summed E-state index contributed by atoms with van der Waals surface area (Å²) >= 11 is 0. The van der Waals surface area contributed by atoms with E-state index in [0.717, 1.165) is 0 Å². The summed E-state index contributed by atoms with van der Waals surface area (Å²) < 4.78 is 1.32. The zero-order valence-electron chi connectivity index (χ0n) is 9.78. The highest BCUT2D eigenvalue weighted by Gasteiger charge is 2.14. The lowest BCUT2D eigenvalue weighted by molar-refractivity contribution is -0.131. The Balaban J connectivity index is 2.58. The third-order valence-corrected chi connectivity index (χ3v) is 2.19. The van der Waals surface area contributed by atoms with Crippen molar-refractivity contribution < 1.29 is 4.79 Å². The lowest BCUT2D eigenvalue weighted by atomic mass is 10.3. The van der Waals surface area contributed by atoms with Gasteiger partial charge in [0.05, 0.1) is 25.0 Å². The molecule has 1 aromatic heterocycles. The summed E-state index contributed by atoms with van der Waals surface area (Å²) in [5.74, 6) is -0.117. The third-order valence-electron chi connectivity index (χ3n) is 2.19. The molecule has 8 heteroatoms. The lowest BCUT2D eigenvalue weighted by Crippen LogP contribution is -2.35. The number of carbonyl (C=O) groups excluding carboxylic acids is 1. The first-order valence-corrected chi connectivity index (χ1v) is 5.34. The summed E-state index contributed by atoms with van der Waals surface area (Å²) in [5, 5.41) is 20.8. The summed E-state index contributed by atoms with van der Waals surface area (Å²) in [4.78, 5) is 17.1. The number of nitriles is 2. The van der Waals surface area contributed by atoms with E-state index in [4.69, 9.17) is 16.3 Å². The molecule has 0 spiro atoms. The molecule has 0 aliphatic carbocycles. The molecule has 0 fully saturated rings. The number of nitrogen functional groups attached to an aromatic ring is 1. The molecule has 18 heavy (non-hydrogen) atoms. The maximum absolute atomic E-state index is 11.9. The van der Waals surface area contributed by atoms with E-state index in [1.165, 1.54) is 15.9 Å². The van der Waals surface area contributed by atoms with Crippen LogP contribution in [0.25, 0.3) is 0 Å². The minimum atomic E-state index is -0.217. The number of hydrogen-bond donors (Lipinski definition) is 1. The fourth-order valence-corrected chi connectivity index (χ4v) is 1.35. The van der Waals surface area contributed by atoms with E-state index < -0.39 is 0 Å². The van der Waals surface area contributed by atoms with Gasteiger partial charge < -0.3 is 10.6 Å². The van der Waals surface area contributed by atoms with E-state index in [0.29, 0.717) is 13.1 Å². The fraction of sp³-hybridized carbons (Fsp3) is 0.500. The number of rotatable bonds is 6. The lowest BCUT2D eigenvalue weighted by Gasteiger charge is -2.19. The molecule has 1 amide bonds. The minimum Gasteiger partial charge on any atom is -0.367 e. The molecule has 94 valence electrons. The second kappa shape index (κ2) is 6.86. The Labute approximate surface area is 104 Å². The second-order valence-corrected chi connectivity index (χ2v) is 3.50.